The lowest BCUT2D eigenvalue weighted by atomic mass is 10.1. The van der Waals surface area contributed by atoms with E-state index in [4.69, 9.17) is 4.98 Å². The highest BCUT2D eigenvalue weighted by Gasteiger charge is 2.44. The first kappa shape index (κ1) is 35.7. The Labute approximate surface area is 362 Å². The molecule has 8 heteroatoms. The minimum absolute atomic E-state index is 0.658. The van der Waals surface area contributed by atoms with Gasteiger partial charge in [-0.3, -0.25) is 4.40 Å². The molecule has 3 aliphatic heterocycles. The summed E-state index contributed by atoms with van der Waals surface area (Å²) in [7, 11) is -10.0. The Morgan fingerprint density at radius 2 is 0.698 bits per heavy atom. The molecule has 5 heterocycles. The van der Waals surface area contributed by atoms with Crippen LogP contribution in [0, 0.1) is 0 Å². The number of para-hydroxylation sites is 1. The highest BCUT2D eigenvalue weighted by molar-refractivity contribution is 7.87. The summed E-state index contributed by atoms with van der Waals surface area (Å²) in [5.74, 6) is 0. The molecule has 0 spiro atoms. The molecule has 0 saturated heterocycles. The van der Waals surface area contributed by atoms with Crippen molar-refractivity contribution in [1.82, 2.24) is 9.38 Å². The van der Waals surface area contributed by atoms with Gasteiger partial charge in [0, 0.05) is 58.5 Å². The fourth-order valence-electron chi connectivity index (χ4n) is 11.1. The average Bonchev–Trinajstić information content (AvgIpc) is 4.03. The maximum absolute atomic E-state index is 16.1. The molecule has 0 unspecified atom stereocenters. The predicted octanol–water partition coefficient (Wildman–Crippen LogP) is 9.65. The Balaban J connectivity index is 1.10. The van der Waals surface area contributed by atoms with E-state index in [9.17, 15) is 0 Å². The van der Waals surface area contributed by atoms with Crippen molar-refractivity contribution in [2.45, 2.75) is 0 Å². The van der Waals surface area contributed by atoms with Crippen LogP contribution in [0.2, 0.25) is 0 Å². The first-order valence-electron chi connectivity index (χ1n) is 21.1. The second-order valence-electron chi connectivity index (χ2n) is 16.8. The molecule has 5 nitrogen and oxygen atoms in total. The highest BCUT2D eigenvalue weighted by atomic mass is 31.2. The van der Waals surface area contributed by atoms with E-state index >= 15 is 13.7 Å². The minimum Gasteiger partial charge on any atom is -0.309 e. The molecule has 0 fully saturated rings. The van der Waals surface area contributed by atoms with E-state index in [0.717, 1.165) is 103 Å². The quantitative estimate of drug-likeness (QED) is 0.131. The number of benzene rings is 9. The lowest BCUT2D eigenvalue weighted by Crippen LogP contribution is -2.21. The van der Waals surface area contributed by atoms with E-state index in [2.05, 4.69) is 71.1 Å². The van der Waals surface area contributed by atoms with Gasteiger partial charge in [0.05, 0.1) is 11.0 Å². The van der Waals surface area contributed by atoms with Gasteiger partial charge < -0.3 is 13.7 Å². The van der Waals surface area contributed by atoms with Crippen LogP contribution in [0.1, 0.15) is 0 Å². The van der Waals surface area contributed by atoms with Crippen molar-refractivity contribution >= 4 is 108 Å². The largest absolute Gasteiger partial charge is 0.309 e. The summed E-state index contributed by atoms with van der Waals surface area (Å²) in [6, 6.07) is 66.7. The molecule has 0 bridgehead atoms. The van der Waals surface area contributed by atoms with Crippen LogP contribution in [-0.2, 0) is 13.7 Å². The molecule has 0 radical (unpaired) electrons. The number of nitrogens with zero attached hydrogens (tertiary/aromatic N) is 2. The molecule has 0 atom stereocenters. The summed E-state index contributed by atoms with van der Waals surface area (Å²) < 4.78 is 50.2. The van der Waals surface area contributed by atoms with E-state index < -0.39 is 21.4 Å². The molecular formula is C55H33N2O3P3. The standard InChI is InChI=1S/C55H33N2O3P3/c58-61(47-21-7-1-14-37(47)38-15-2-8-22-48(38)61)34-28-30-36-43-32-35(62(59)49-23-9-3-16-39(49)40-17-4-10-24-50(40)62)29-31-45(43)57-46-20-13-27-53(54(46)56-55(57)44(36)33-34)63(60)51-25-11-5-18-41(51)42-19-6-12-26-52(42)63/h1-33H. The molecule has 0 N–H and O–H groups in total. The highest BCUT2D eigenvalue weighted by Crippen LogP contribution is 2.56. The van der Waals surface area contributed by atoms with E-state index in [1.54, 1.807) is 0 Å². The number of imidazole rings is 1. The maximum Gasteiger partial charge on any atom is 0.174 e. The van der Waals surface area contributed by atoms with Gasteiger partial charge in [0.2, 0.25) is 0 Å². The summed E-state index contributed by atoms with van der Waals surface area (Å²) in [5.41, 5.74) is 8.99. The Morgan fingerprint density at radius 1 is 0.317 bits per heavy atom. The number of pyridine rings is 1. The van der Waals surface area contributed by atoms with Gasteiger partial charge in [-0.15, -0.1) is 0 Å². The zero-order chi connectivity index (χ0) is 41.8. The van der Waals surface area contributed by atoms with Crippen LogP contribution in [0.4, 0.5) is 0 Å². The number of rotatable bonds is 3. The molecule has 11 aromatic rings. The van der Waals surface area contributed by atoms with Gasteiger partial charge >= 0.3 is 0 Å². The second-order valence-corrected chi connectivity index (χ2v) is 24.8. The summed E-state index contributed by atoms with van der Waals surface area (Å²) in [4.78, 5) is 5.53. The fourth-order valence-corrected chi connectivity index (χ4v) is 20.4. The Hall–Kier alpha value is -6.86. The maximum atomic E-state index is 16.1. The van der Waals surface area contributed by atoms with Crippen molar-refractivity contribution in [1.29, 1.82) is 0 Å². The zero-order valence-electron chi connectivity index (χ0n) is 33.5. The lowest BCUT2D eigenvalue weighted by Gasteiger charge is -2.19. The third-order valence-electron chi connectivity index (χ3n) is 13.8. The smallest absolute Gasteiger partial charge is 0.174 e. The number of hydrogen-bond donors (Lipinski definition) is 0. The summed E-state index contributed by atoms with van der Waals surface area (Å²) in [5, 5.41) is 9.74. The Bertz CT molecular complexity index is 3910. The molecule has 0 amide bonds. The first-order valence-corrected chi connectivity index (χ1v) is 26.2. The third kappa shape index (κ3) is 4.35. The average molecular weight is 863 g/mol. The van der Waals surface area contributed by atoms with Crippen LogP contribution >= 0.6 is 21.4 Å². The van der Waals surface area contributed by atoms with Crippen molar-refractivity contribution < 1.29 is 13.7 Å². The molecule has 0 saturated carbocycles. The molecule has 63 heavy (non-hydrogen) atoms. The number of hydrogen-bond acceptors (Lipinski definition) is 4. The normalized spacial score (nSPS) is 15.6. The Kier molecular flexibility index (Phi) is 7.03. The lowest BCUT2D eigenvalue weighted by molar-refractivity contribution is 0.592. The molecule has 2 aromatic heterocycles. The first-order chi connectivity index (χ1) is 30.9. The molecule has 0 aliphatic carbocycles. The minimum atomic E-state index is -3.39. The summed E-state index contributed by atoms with van der Waals surface area (Å²) >= 11 is 0. The fraction of sp³-hybridized carbons (Fsp3) is 0. The monoisotopic (exact) mass is 862 g/mol. The van der Waals surface area contributed by atoms with Crippen LogP contribution in [0.15, 0.2) is 200 Å². The van der Waals surface area contributed by atoms with E-state index in [0.29, 0.717) is 16.5 Å². The van der Waals surface area contributed by atoms with Crippen molar-refractivity contribution in [3.8, 4) is 33.4 Å². The molecule has 296 valence electrons. The van der Waals surface area contributed by atoms with Crippen molar-refractivity contribution in [2.75, 3.05) is 0 Å². The van der Waals surface area contributed by atoms with Crippen LogP contribution in [0.5, 0.6) is 0 Å². The van der Waals surface area contributed by atoms with E-state index in [-0.39, 0.29) is 0 Å². The van der Waals surface area contributed by atoms with Crippen LogP contribution in [0.3, 0.4) is 0 Å². The van der Waals surface area contributed by atoms with E-state index in [1.807, 2.05) is 133 Å². The van der Waals surface area contributed by atoms with Gasteiger partial charge in [-0.25, -0.2) is 4.98 Å². The second kappa shape index (κ2) is 12.4. The van der Waals surface area contributed by atoms with Gasteiger partial charge in [0.15, 0.2) is 21.4 Å². The van der Waals surface area contributed by atoms with Crippen molar-refractivity contribution in [3.05, 3.63) is 200 Å². The van der Waals surface area contributed by atoms with Crippen LogP contribution in [0.25, 0.3) is 71.7 Å². The topological polar surface area (TPSA) is 68.5 Å². The predicted molar refractivity (Wildman–Crippen MR) is 263 cm³/mol. The molecule has 3 aliphatic rings. The Morgan fingerprint density at radius 3 is 1.16 bits per heavy atom. The molecule has 14 rings (SSSR count). The summed E-state index contributed by atoms with van der Waals surface area (Å²) in [6.45, 7) is 0. The SMILES string of the molecule is O=P1(c2ccc3c(c2)c2ccc(P4(=O)c5ccccc5-c5ccccc54)cc2c2nc4c(P5(=O)c6ccccc6-c6ccccc65)cccc4n32)c2ccccc2-c2ccccc21. The zero-order valence-corrected chi connectivity index (χ0v) is 36.2. The van der Waals surface area contributed by atoms with Gasteiger partial charge in [0.25, 0.3) is 0 Å². The number of aromatic nitrogens is 2. The van der Waals surface area contributed by atoms with Crippen LogP contribution < -0.4 is 47.7 Å². The van der Waals surface area contributed by atoms with Crippen molar-refractivity contribution in [3.63, 3.8) is 0 Å². The summed E-state index contributed by atoms with van der Waals surface area (Å²) in [6.07, 6.45) is 0. The molecule has 9 aromatic carbocycles. The van der Waals surface area contributed by atoms with Crippen LogP contribution in [-0.4, -0.2) is 9.38 Å². The van der Waals surface area contributed by atoms with Gasteiger partial charge in [-0.1, -0.05) is 164 Å². The van der Waals surface area contributed by atoms with Crippen molar-refractivity contribution in [2.24, 2.45) is 0 Å². The number of fused-ring (bicyclic) bond motifs is 17. The third-order valence-corrected chi connectivity index (χ3v) is 23.3. The van der Waals surface area contributed by atoms with Gasteiger partial charge in [0.1, 0.15) is 11.2 Å². The van der Waals surface area contributed by atoms with Gasteiger partial charge in [-0.2, -0.15) is 0 Å². The van der Waals surface area contributed by atoms with E-state index in [1.165, 1.54) is 0 Å². The van der Waals surface area contributed by atoms with Gasteiger partial charge in [-0.05, 0) is 75.2 Å². The molecular weight excluding hydrogens is 830 g/mol.